The molecule has 86 valence electrons. The Bertz CT molecular complexity index is 273. The quantitative estimate of drug-likeness (QED) is 0.632. The van der Waals surface area contributed by atoms with Crippen molar-refractivity contribution in [2.24, 2.45) is 0 Å². The molecule has 0 unspecified atom stereocenters. The van der Waals surface area contributed by atoms with Crippen LogP contribution < -0.4 is 10.4 Å². The first-order chi connectivity index (χ1) is 7.77. The van der Waals surface area contributed by atoms with Gasteiger partial charge in [-0.3, -0.25) is 0 Å². The number of unbranched alkanes of at least 4 members (excludes halogenated alkanes) is 2. The first-order valence-electron chi connectivity index (χ1n) is 6.38. The van der Waals surface area contributed by atoms with Crippen LogP contribution in [0.4, 0.5) is 5.69 Å². The number of hydrogen-bond donors (Lipinski definition) is 0. The third-order valence-electron chi connectivity index (χ3n) is 2.82. The van der Waals surface area contributed by atoms with Crippen molar-refractivity contribution >= 4 is 19.0 Å². The summed E-state index contributed by atoms with van der Waals surface area (Å²) in [5, 5.41) is 0. The maximum Gasteiger partial charge on any atom is 0.113 e. The van der Waals surface area contributed by atoms with Crippen molar-refractivity contribution in [3.05, 3.63) is 24.3 Å². The third kappa shape index (κ3) is 4.30. The van der Waals surface area contributed by atoms with Gasteiger partial charge in [0.25, 0.3) is 0 Å². The van der Waals surface area contributed by atoms with Gasteiger partial charge in [0.15, 0.2) is 0 Å². The lowest BCUT2D eigenvalue weighted by molar-refractivity contribution is 0.678. The number of benzene rings is 1. The summed E-state index contributed by atoms with van der Waals surface area (Å²) in [6.45, 7) is 6.78. The number of rotatable bonds is 7. The highest BCUT2D eigenvalue weighted by Gasteiger charge is 2.04. The van der Waals surface area contributed by atoms with E-state index in [0.29, 0.717) is 0 Å². The molecule has 1 aromatic rings. The van der Waals surface area contributed by atoms with Crippen LogP contribution in [0.5, 0.6) is 0 Å². The minimum absolute atomic E-state index is 0.842. The van der Waals surface area contributed by atoms with Crippen LogP contribution in [0.1, 0.15) is 39.5 Å². The van der Waals surface area contributed by atoms with Gasteiger partial charge in [-0.1, -0.05) is 44.3 Å². The molecule has 2 radical (unpaired) electrons. The molecule has 1 rings (SSSR count). The molecule has 0 aliphatic carbocycles. The molecule has 1 aromatic carbocycles. The lowest BCUT2D eigenvalue weighted by Gasteiger charge is -2.24. The molecule has 0 bridgehead atoms. The smallest absolute Gasteiger partial charge is 0.113 e. The summed E-state index contributed by atoms with van der Waals surface area (Å²) in [5.41, 5.74) is 2.14. The molecule has 0 aliphatic heterocycles. The SMILES string of the molecule is [B]c1ccc(N(CCCC)CCCC)cc1. The van der Waals surface area contributed by atoms with Gasteiger partial charge in [-0.05, 0) is 25.0 Å². The number of nitrogens with zero attached hydrogens (tertiary/aromatic N) is 1. The van der Waals surface area contributed by atoms with Gasteiger partial charge >= 0.3 is 0 Å². The van der Waals surface area contributed by atoms with E-state index in [9.17, 15) is 0 Å². The second-order valence-electron chi connectivity index (χ2n) is 4.29. The van der Waals surface area contributed by atoms with Crippen LogP contribution in [0.15, 0.2) is 24.3 Å². The number of anilines is 1. The van der Waals surface area contributed by atoms with E-state index in [4.69, 9.17) is 7.85 Å². The van der Waals surface area contributed by atoms with Gasteiger partial charge < -0.3 is 4.90 Å². The van der Waals surface area contributed by atoms with Gasteiger partial charge in [0, 0.05) is 18.8 Å². The Balaban J connectivity index is 2.62. The van der Waals surface area contributed by atoms with Gasteiger partial charge in [0.05, 0.1) is 0 Å². The van der Waals surface area contributed by atoms with Crippen LogP contribution in [0.3, 0.4) is 0 Å². The first-order valence-corrected chi connectivity index (χ1v) is 6.38. The predicted octanol–water partition coefficient (Wildman–Crippen LogP) is 2.89. The summed E-state index contributed by atoms with van der Waals surface area (Å²) < 4.78 is 0. The molecule has 0 spiro atoms. The molecule has 0 aromatic heterocycles. The highest BCUT2D eigenvalue weighted by atomic mass is 15.1. The zero-order valence-electron chi connectivity index (χ0n) is 10.6. The van der Waals surface area contributed by atoms with Gasteiger partial charge in [0.2, 0.25) is 0 Å². The highest BCUT2D eigenvalue weighted by molar-refractivity contribution is 6.32. The second-order valence-corrected chi connectivity index (χ2v) is 4.29. The van der Waals surface area contributed by atoms with Gasteiger partial charge in [-0.15, -0.1) is 0 Å². The molecule has 0 N–H and O–H groups in total. The normalized spacial score (nSPS) is 10.4. The van der Waals surface area contributed by atoms with Crippen molar-refractivity contribution in [2.75, 3.05) is 18.0 Å². The fourth-order valence-electron chi connectivity index (χ4n) is 1.75. The zero-order chi connectivity index (χ0) is 11.8. The lowest BCUT2D eigenvalue weighted by atomic mass is 9.96. The Kier molecular flexibility index (Phi) is 6.06. The van der Waals surface area contributed by atoms with Crippen molar-refractivity contribution in [3.8, 4) is 0 Å². The Morgan fingerprint density at radius 3 is 1.88 bits per heavy atom. The molecule has 0 fully saturated rings. The minimum Gasteiger partial charge on any atom is -0.372 e. The topological polar surface area (TPSA) is 3.24 Å². The lowest BCUT2D eigenvalue weighted by Crippen LogP contribution is -2.25. The van der Waals surface area contributed by atoms with E-state index in [1.807, 2.05) is 12.1 Å². The molecule has 1 nitrogen and oxygen atoms in total. The van der Waals surface area contributed by atoms with E-state index < -0.39 is 0 Å². The van der Waals surface area contributed by atoms with E-state index in [2.05, 4.69) is 30.9 Å². The summed E-state index contributed by atoms with van der Waals surface area (Å²) in [4.78, 5) is 2.46. The van der Waals surface area contributed by atoms with Crippen molar-refractivity contribution in [1.29, 1.82) is 0 Å². The van der Waals surface area contributed by atoms with E-state index in [1.54, 1.807) is 0 Å². The van der Waals surface area contributed by atoms with E-state index >= 15 is 0 Å². The fraction of sp³-hybridized carbons (Fsp3) is 0.571. The predicted molar refractivity (Wildman–Crippen MR) is 73.9 cm³/mol. The molecule has 0 atom stereocenters. The highest BCUT2D eigenvalue weighted by Crippen LogP contribution is 2.14. The Morgan fingerprint density at radius 2 is 1.44 bits per heavy atom. The average molecular weight is 215 g/mol. The molecular weight excluding hydrogens is 193 g/mol. The number of hydrogen-bond acceptors (Lipinski definition) is 1. The third-order valence-corrected chi connectivity index (χ3v) is 2.82. The van der Waals surface area contributed by atoms with Crippen molar-refractivity contribution in [3.63, 3.8) is 0 Å². The summed E-state index contributed by atoms with van der Waals surface area (Å²) in [6.07, 6.45) is 5.01. The monoisotopic (exact) mass is 215 g/mol. The van der Waals surface area contributed by atoms with Crippen molar-refractivity contribution < 1.29 is 0 Å². The van der Waals surface area contributed by atoms with Crippen LogP contribution in [0.2, 0.25) is 0 Å². The molecule has 0 saturated carbocycles. The summed E-state index contributed by atoms with van der Waals surface area (Å²) in [7, 11) is 5.71. The second kappa shape index (κ2) is 7.37. The molecule has 0 heterocycles. The Morgan fingerprint density at radius 1 is 0.938 bits per heavy atom. The van der Waals surface area contributed by atoms with Gasteiger partial charge in [-0.2, -0.15) is 0 Å². The Hall–Kier alpha value is -0.915. The first kappa shape index (κ1) is 13.2. The van der Waals surface area contributed by atoms with Crippen molar-refractivity contribution in [2.45, 2.75) is 39.5 Å². The molecule has 2 heteroatoms. The summed E-state index contributed by atoms with van der Waals surface area (Å²) in [5.74, 6) is 0. The largest absolute Gasteiger partial charge is 0.372 e. The minimum atomic E-state index is 0.842. The molecule has 0 aliphatic rings. The maximum absolute atomic E-state index is 5.71. The molecule has 16 heavy (non-hydrogen) atoms. The van der Waals surface area contributed by atoms with E-state index in [-0.39, 0.29) is 0 Å². The van der Waals surface area contributed by atoms with Gasteiger partial charge in [0.1, 0.15) is 7.85 Å². The van der Waals surface area contributed by atoms with Crippen LogP contribution in [-0.4, -0.2) is 20.9 Å². The summed E-state index contributed by atoms with van der Waals surface area (Å²) in [6, 6.07) is 8.22. The van der Waals surface area contributed by atoms with Crippen molar-refractivity contribution in [1.82, 2.24) is 0 Å². The van der Waals surface area contributed by atoms with E-state index in [1.165, 1.54) is 31.4 Å². The zero-order valence-corrected chi connectivity index (χ0v) is 10.6. The van der Waals surface area contributed by atoms with Crippen LogP contribution in [-0.2, 0) is 0 Å². The Labute approximate surface area is 101 Å². The average Bonchev–Trinajstić information content (AvgIpc) is 2.31. The van der Waals surface area contributed by atoms with Crippen LogP contribution in [0.25, 0.3) is 0 Å². The van der Waals surface area contributed by atoms with E-state index in [0.717, 1.165) is 18.6 Å². The standard InChI is InChI=1S/C14H22BN/c1-3-5-11-16(12-6-4-2)14-9-7-13(15)8-10-14/h7-10H,3-6,11-12H2,1-2H3. The molecule has 0 amide bonds. The molecular formula is C14H22BN. The maximum atomic E-state index is 5.71. The van der Waals surface area contributed by atoms with Gasteiger partial charge in [-0.25, -0.2) is 0 Å². The molecule has 0 saturated heterocycles. The van der Waals surface area contributed by atoms with Crippen LogP contribution >= 0.6 is 0 Å². The summed E-state index contributed by atoms with van der Waals surface area (Å²) >= 11 is 0. The fourth-order valence-corrected chi connectivity index (χ4v) is 1.75. The van der Waals surface area contributed by atoms with Crippen LogP contribution in [0, 0.1) is 0 Å².